The number of piperidine rings is 1. The van der Waals surface area contributed by atoms with Crippen molar-refractivity contribution >= 4 is 17.7 Å². The summed E-state index contributed by atoms with van der Waals surface area (Å²) in [5, 5.41) is 0. The summed E-state index contributed by atoms with van der Waals surface area (Å²) in [5.74, 6) is -1.19. The first-order valence-corrected chi connectivity index (χ1v) is 10.1. The molecule has 1 aromatic carbocycles. The molecule has 2 aliphatic heterocycles. The van der Waals surface area contributed by atoms with Crippen LogP contribution in [0.15, 0.2) is 24.3 Å². The van der Waals surface area contributed by atoms with E-state index in [1.54, 1.807) is 17.0 Å². The highest BCUT2D eigenvalue weighted by Gasteiger charge is 2.37. The summed E-state index contributed by atoms with van der Waals surface area (Å²) in [5.41, 5.74) is 0.675. The van der Waals surface area contributed by atoms with Gasteiger partial charge in [-0.25, -0.2) is 4.39 Å². The van der Waals surface area contributed by atoms with Crippen LogP contribution in [-0.4, -0.2) is 64.6 Å². The Morgan fingerprint density at radius 2 is 1.86 bits per heavy atom. The minimum absolute atomic E-state index is 0.00277. The molecular weight excluding hydrogens is 361 g/mol. The van der Waals surface area contributed by atoms with E-state index in [0.717, 1.165) is 12.8 Å². The summed E-state index contributed by atoms with van der Waals surface area (Å²) >= 11 is 0. The number of nitrogens with zero attached hydrogens (tertiary/aromatic N) is 3. The zero-order chi connectivity index (χ0) is 20.1. The fourth-order valence-corrected chi connectivity index (χ4v) is 3.96. The zero-order valence-electron chi connectivity index (χ0n) is 16.4. The van der Waals surface area contributed by atoms with Gasteiger partial charge in [-0.2, -0.15) is 0 Å². The fourth-order valence-electron chi connectivity index (χ4n) is 3.96. The van der Waals surface area contributed by atoms with E-state index >= 15 is 0 Å². The van der Waals surface area contributed by atoms with Crippen LogP contribution in [0.1, 0.15) is 44.6 Å². The number of carbonyl (C=O) groups is 3. The third-order valence-corrected chi connectivity index (χ3v) is 5.61. The molecule has 2 fully saturated rings. The minimum atomic E-state index is -0.531. The number of hydrogen-bond donors (Lipinski definition) is 0. The monoisotopic (exact) mass is 389 g/mol. The summed E-state index contributed by atoms with van der Waals surface area (Å²) in [6.07, 6.45) is 3.90. The number of piperazine rings is 1. The number of halogens is 1. The lowest BCUT2D eigenvalue weighted by atomic mass is 10.0. The van der Waals surface area contributed by atoms with E-state index in [4.69, 9.17) is 0 Å². The van der Waals surface area contributed by atoms with Gasteiger partial charge in [-0.3, -0.25) is 14.4 Å². The second-order valence-electron chi connectivity index (χ2n) is 7.57. The van der Waals surface area contributed by atoms with Gasteiger partial charge in [-0.15, -0.1) is 0 Å². The summed E-state index contributed by atoms with van der Waals surface area (Å²) in [7, 11) is 0. The van der Waals surface area contributed by atoms with Crippen LogP contribution < -0.4 is 0 Å². The van der Waals surface area contributed by atoms with E-state index in [0.29, 0.717) is 51.0 Å². The Morgan fingerprint density at radius 1 is 1.11 bits per heavy atom. The van der Waals surface area contributed by atoms with Crippen LogP contribution in [0, 0.1) is 5.82 Å². The van der Waals surface area contributed by atoms with Gasteiger partial charge in [0.05, 0.1) is 0 Å². The molecule has 6 nitrogen and oxygen atoms in total. The average Bonchev–Trinajstić information content (AvgIpc) is 2.70. The first kappa shape index (κ1) is 20.3. The molecule has 3 amide bonds. The van der Waals surface area contributed by atoms with Crippen LogP contribution >= 0.6 is 0 Å². The second-order valence-corrected chi connectivity index (χ2v) is 7.57. The first-order chi connectivity index (χ1) is 13.5. The minimum Gasteiger partial charge on any atom is -0.343 e. The Hall–Kier alpha value is -2.44. The molecule has 7 heteroatoms. The summed E-state index contributed by atoms with van der Waals surface area (Å²) in [6.45, 7) is 4.50. The maximum atomic E-state index is 13.4. The lowest BCUT2D eigenvalue weighted by molar-refractivity contribution is -0.159. The van der Waals surface area contributed by atoms with Gasteiger partial charge >= 0.3 is 11.8 Å². The lowest BCUT2D eigenvalue weighted by Crippen LogP contribution is -2.59. The summed E-state index contributed by atoms with van der Waals surface area (Å²) in [4.78, 5) is 42.3. The van der Waals surface area contributed by atoms with Gasteiger partial charge in [-0.1, -0.05) is 25.5 Å². The van der Waals surface area contributed by atoms with E-state index in [1.165, 1.54) is 17.0 Å². The average molecular weight is 389 g/mol. The molecule has 0 spiro atoms. The van der Waals surface area contributed by atoms with Crippen molar-refractivity contribution in [2.45, 2.75) is 51.6 Å². The van der Waals surface area contributed by atoms with Crippen LogP contribution in [0.2, 0.25) is 0 Å². The lowest BCUT2D eigenvalue weighted by Gasteiger charge is -2.42. The molecule has 0 aliphatic carbocycles. The molecule has 3 rings (SSSR count). The SMILES string of the molecule is CCCCC(=O)N1CCC(N2CCN(Cc3cccc(F)c3)C(=O)C2=O)CC1. The van der Waals surface area contributed by atoms with Gasteiger partial charge in [0.1, 0.15) is 5.82 Å². The summed E-state index contributed by atoms with van der Waals surface area (Å²) in [6, 6.07) is 6.09. The van der Waals surface area contributed by atoms with Gasteiger partial charge < -0.3 is 14.7 Å². The largest absolute Gasteiger partial charge is 0.343 e. The van der Waals surface area contributed by atoms with E-state index in [9.17, 15) is 18.8 Å². The Balaban J connectivity index is 1.53. The van der Waals surface area contributed by atoms with Crippen molar-refractivity contribution in [1.29, 1.82) is 0 Å². The van der Waals surface area contributed by atoms with Crippen molar-refractivity contribution in [3.8, 4) is 0 Å². The molecule has 0 aromatic heterocycles. The molecule has 1 aromatic rings. The van der Waals surface area contributed by atoms with Gasteiger partial charge in [0.15, 0.2) is 0 Å². The van der Waals surface area contributed by atoms with Crippen LogP contribution in [0.3, 0.4) is 0 Å². The molecule has 28 heavy (non-hydrogen) atoms. The zero-order valence-corrected chi connectivity index (χ0v) is 16.4. The number of amides is 3. The quantitative estimate of drug-likeness (QED) is 0.701. The maximum absolute atomic E-state index is 13.4. The van der Waals surface area contributed by atoms with E-state index < -0.39 is 11.8 Å². The van der Waals surface area contributed by atoms with Gasteiger partial charge in [-0.05, 0) is 37.0 Å². The van der Waals surface area contributed by atoms with Crippen molar-refractivity contribution in [2.24, 2.45) is 0 Å². The van der Waals surface area contributed by atoms with Crippen molar-refractivity contribution in [2.75, 3.05) is 26.2 Å². The van der Waals surface area contributed by atoms with Crippen LogP contribution in [-0.2, 0) is 20.9 Å². The van der Waals surface area contributed by atoms with E-state index in [-0.39, 0.29) is 24.3 Å². The van der Waals surface area contributed by atoms with Crippen molar-refractivity contribution in [1.82, 2.24) is 14.7 Å². The first-order valence-electron chi connectivity index (χ1n) is 10.1. The third kappa shape index (κ3) is 4.69. The molecule has 0 atom stereocenters. The Labute approximate surface area is 165 Å². The number of rotatable bonds is 6. The Morgan fingerprint density at radius 3 is 2.54 bits per heavy atom. The molecule has 0 unspecified atom stereocenters. The Kier molecular flexibility index (Phi) is 6.65. The smallest absolute Gasteiger partial charge is 0.312 e. The predicted molar refractivity (Wildman–Crippen MR) is 103 cm³/mol. The van der Waals surface area contributed by atoms with Crippen LogP contribution in [0.5, 0.6) is 0 Å². The number of benzene rings is 1. The van der Waals surface area contributed by atoms with Gasteiger partial charge in [0.25, 0.3) is 0 Å². The topological polar surface area (TPSA) is 60.9 Å². The molecule has 2 saturated heterocycles. The van der Waals surface area contributed by atoms with Crippen molar-refractivity contribution in [3.05, 3.63) is 35.6 Å². The molecule has 152 valence electrons. The van der Waals surface area contributed by atoms with Gasteiger partial charge in [0.2, 0.25) is 5.91 Å². The number of unbranched alkanes of at least 4 members (excludes halogenated alkanes) is 1. The molecule has 0 N–H and O–H groups in total. The number of likely N-dealkylation sites (tertiary alicyclic amines) is 1. The normalized spacial score (nSPS) is 18.7. The summed E-state index contributed by atoms with van der Waals surface area (Å²) < 4.78 is 13.4. The highest BCUT2D eigenvalue weighted by atomic mass is 19.1. The van der Waals surface area contributed by atoms with E-state index in [1.807, 2.05) is 4.90 Å². The molecule has 0 bridgehead atoms. The maximum Gasteiger partial charge on any atom is 0.312 e. The standard InChI is InChI=1S/C21H28FN3O3/c1-2-3-7-19(26)23-10-8-18(9-11-23)25-13-12-24(20(27)21(25)28)15-16-5-4-6-17(22)14-16/h4-6,14,18H,2-3,7-13,15H2,1H3. The number of hydrogen-bond acceptors (Lipinski definition) is 3. The number of carbonyl (C=O) groups excluding carboxylic acids is 3. The predicted octanol–water partition coefficient (Wildman–Crippen LogP) is 2.18. The van der Waals surface area contributed by atoms with E-state index in [2.05, 4.69) is 6.92 Å². The highest BCUT2D eigenvalue weighted by molar-refractivity contribution is 6.35. The molecule has 2 heterocycles. The second kappa shape index (κ2) is 9.17. The third-order valence-electron chi connectivity index (χ3n) is 5.61. The molecule has 0 radical (unpaired) electrons. The van der Waals surface area contributed by atoms with Gasteiger partial charge in [0, 0.05) is 45.2 Å². The molecule has 2 aliphatic rings. The van der Waals surface area contributed by atoms with Crippen molar-refractivity contribution in [3.63, 3.8) is 0 Å². The van der Waals surface area contributed by atoms with Crippen molar-refractivity contribution < 1.29 is 18.8 Å². The van der Waals surface area contributed by atoms with Crippen LogP contribution in [0.4, 0.5) is 4.39 Å². The molecular formula is C21H28FN3O3. The fraction of sp³-hybridized carbons (Fsp3) is 0.571. The highest BCUT2D eigenvalue weighted by Crippen LogP contribution is 2.21. The Bertz CT molecular complexity index is 731. The molecule has 0 saturated carbocycles. The van der Waals surface area contributed by atoms with Crippen LogP contribution in [0.25, 0.3) is 0 Å².